The molecule has 0 saturated heterocycles. The highest BCUT2D eigenvalue weighted by Gasteiger charge is 2.35. The first-order valence-corrected chi connectivity index (χ1v) is 8.30. The van der Waals surface area contributed by atoms with Crippen molar-refractivity contribution in [3.05, 3.63) is 76.3 Å². The van der Waals surface area contributed by atoms with Crippen molar-refractivity contribution in [2.24, 2.45) is 0 Å². The van der Waals surface area contributed by atoms with Crippen LogP contribution in [-0.4, -0.2) is 4.57 Å². The summed E-state index contributed by atoms with van der Waals surface area (Å²) in [5.74, 6) is 0. The maximum absolute atomic E-state index is 8.54. The molecule has 1 aliphatic heterocycles. The van der Waals surface area contributed by atoms with Crippen molar-refractivity contribution in [1.82, 2.24) is 4.57 Å². The summed E-state index contributed by atoms with van der Waals surface area (Å²) in [5.41, 5.74) is 1.16. The van der Waals surface area contributed by atoms with Crippen molar-refractivity contribution in [1.29, 1.82) is 0 Å². The zero-order valence-corrected chi connectivity index (χ0v) is 14.1. The summed E-state index contributed by atoms with van der Waals surface area (Å²) in [5, 5.41) is 1.29. The molecule has 0 N–H and O–H groups in total. The van der Waals surface area contributed by atoms with Gasteiger partial charge in [0.1, 0.15) is 0 Å². The van der Waals surface area contributed by atoms with Crippen LogP contribution in [0.5, 0.6) is 0 Å². The second-order valence-corrected chi connectivity index (χ2v) is 7.05. The molecular weight excluding hydrogens is 302 g/mol. The SMILES string of the molecule is [2H]C([2H])([2H])c1cc2c3c(c1)c1cc(C)ccc1n3-c1cc(C)ccc1C2(C([2H])([2H])[2H])C([2H])([2H])[2H]. The molecule has 5 rings (SSSR count). The maximum Gasteiger partial charge on any atom is 0.0582 e. The lowest BCUT2D eigenvalue weighted by molar-refractivity contribution is 0.629. The molecule has 3 aromatic carbocycles. The lowest BCUT2D eigenvalue weighted by Gasteiger charge is -2.35. The summed E-state index contributed by atoms with van der Waals surface area (Å²) in [6.07, 6.45) is 0. The number of fused-ring (bicyclic) bond motifs is 5. The monoisotopic (exact) mass is 334 g/mol. The van der Waals surface area contributed by atoms with Crippen molar-refractivity contribution >= 4 is 21.8 Å². The summed E-state index contributed by atoms with van der Waals surface area (Å²) >= 11 is 0. The molecule has 0 saturated carbocycles. The van der Waals surface area contributed by atoms with E-state index < -0.39 is 26.0 Å². The molecule has 0 bridgehead atoms. The van der Waals surface area contributed by atoms with Crippen LogP contribution in [0.15, 0.2) is 48.5 Å². The standard InChI is InChI=1S/C24H23N/c1-14-7-9-21-17(10-14)18-11-16(3)12-20-23(18)25(21)22-13-15(2)6-8-19(22)24(20,4)5/h6-13H,1-5H3/i3D3,4D3,5D3. The number of hydrogen-bond donors (Lipinski definition) is 0. The van der Waals surface area contributed by atoms with Crippen LogP contribution in [0.4, 0.5) is 0 Å². The molecule has 25 heavy (non-hydrogen) atoms. The molecule has 1 nitrogen and oxygen atoms in total. The normalized spacial score (nSPS) is 21.8. The van der Waals surface area contributed by atoms with Crippen molar-refractivity contribution in [2.45, 2.75) is 39.8 Å². The van der Waals surface area contributed by atoms with Gasteiger partial charge in [0.25, 0.3) is 0 Å². The Balaban J connectivity index is 2.17. The quantitative estimate of drug-likeness (QED) is 0.353. The average Bonchev–Trinajstić information content (AvgIpc) is 3.00. The van der Waals surface area contributed by atoms with E-state index in [1.165, 1.54) is 6.07 Å². The van der Waals surface area contributed by atoms with E-state index in [0.717, 1.165) is 22.0 Å². The zero-order chi connectivity index (χ0) is 25.0. The highest BCUT2D eigenvalue weighted by Crippen LogP contribution is 2.48. The maximum atomic E-state index is 8.54. The molecule has 0 aliphatic carbocycles. The minimum Gasteiger partial charge on any atom is -0.309 e. The third-order valence-electron chi connectivity index (χ3n) is 5.22. The Morgan fingerprint density at radius 2 is 1.56 bits per heavy atom. The third kappa shape index (κ3) is 1.79. The first kappa shape index (κ1) is 8.23. The summed E-state index contributed by atoms with van der Waals surface area (Å²) in [6, 6.07) is 13.7. The second-order valence-electron chi connectivity index (χ2n) is 7.05. The van der Waals surface area contributed by atoms with Crippen LogP contribution in [0.3, 0.4) is 0 Å². The molecule has 0 amide bonds. The van der Waals surface area contributed by atoms with Gasteiger partial charge < -0.3 is 4.57 Å². The first-order valence-electron chi connectivity index (χ1n) is 12.8. The smallest absolute Gasteiger partial charge is 0.0582 e. The Hall–Kier alpha value is -2.54. The van der Waals surface area contributed by atoms with Crippen LogP contribution in [-0.2, 0) is 5.41 Å². The molecule has 1 aliphatic rings. The summed E-state index contributed by atoms with van der Waals surface area (Å²) in [7, 11) is 0. The predicted molar refractivity (Wildman–Crippen MR) is 107 cm³/mol. The van der Waals surface area contributed by atoms with E-state index in [2.05, 4.69) is 0 Å². The van der Waals surface area contributed by atoms with E-state index in [9.17, 15) is 0 Å². The number of aryl methyl sites for hydroxylation is 3. The topological polar surface area (TPSA) is 4.93 Å². The van der Waals surface area contributed by atoms with Crippen molar-refractivity contribution < 1.29 is 12.3 Å². The number of nitrogens with zero attached hydrogens (tertiary/aromatic N) is 1. The minimum atomic E-state index is -2.99. The van der Waals surface area contributed by atoms with Crippen LogP contribution in [0.1, 0.15) is 53.9 Å². The van der Waals surface area contributed by atoms with Gasteiger partial charge in [-0.25, -0.2) is 0 Å². The highest BCUT2D eigenvalue weighted by molar-refractivity contribution is 6.12. The van der Waals surface area contributed by atoms with Crippen LogP contribution in [0, 0.1) is 20.7 Å². The Kier molecular flexibility index (Phi) is 1.50. The molecule has 124 valence electrons. The Morgan fingerprint density at radius 3 is 2.36 bits per heavy atom. The summed E-state index contributed by atoms with van der Waals surface area (Å²) in [6.45, 7) is -4.73. The fourth-order valence-electron chi connectivity index (χ4n) is 4.09. The Labute approximate surface area is 161 Å². The van der Waals surface area contributed by atoms with Gasteiger partial charge in [0.15, 0.2) is 0 Å². The van der Waals surface area contributed by atoms with E-state index in [-0.39, 0.29) is 16.7 Å². The van der Waals surface area contributed by atoms with Crippen LogP contribution < -0.4 is 0 Å². The lowest BCUT2D eigenvalue weighted by Crippen LogP contribution is -2.26. The van der Waals surface area contributed by atoms with Crippen molar-refractivity contribution in [3.63, 3.8) is 0 Å². The molecule has 0 radical (unpaired) electrons. The van der Waals surface area contributed by atoms with Gasteiger partial charge in [0.05, 0.1) is 16.7 Å². The minimum absolute atomic E-state index is 0.00123. The molecule has 1 aromatic heterocycles. The van der Waals surface area contributed by atoms with Gasteiger partial charge in [-0.2, -0.15) is 0 Å². The van der Waals surface area contributed by atoms with Gasteiger partial charge >= 0.3 is 0 Å². The molecule has 0 spiro atoms. The highest BCUT2D eigenvalue weighted by atomic mass is 15.0. The van der Waals surface area contributed by atoms with Gasteiger partial charge in [-0.1, -0.05) is 49.1 Å². The Morgan fingerprint density at radius 1 is 0.800 bits per heavy atom. The summed E-state index contributed by atoms with van der Waals surface area (Å²) < 4.78 is 77.3. The predicted octanol–water partition coefficient (Wildman–Crippen LogP) is 6.35. The van der Waals surface area contributed by atoms with Crippen LogP contribution in [0.25, 0.3) is 27.5 Å². The van der Waals surface area contributed by atoms with Crippen LogP contribution >= 0.6 is 0 Å². The number of aromatic nitrogens is 1. The largest absolute Gasteiger partial charge is 0.309 e. The van der Waals surface area contributed by atoms with Crippen molar-refractivity contribution in [3.8, 4) is 5.69 Å². The van der Waals surface area contributed by atoms with E-state index in [1.807, 2.05) is 36.6 Å². The second kappa shape index (κ2) is 4.54. The van der Waals surface area contributed by atoms with Gasteiger partial charge in [-0.05, 0) is 61.7 Å². The Bertz CT molecular complexity index is 1470. The van der Waals surface area contributed by atoms with E-state index in [4.69, 9.17) is 12.3 Å². The third-order valence-corrected chi connectivity index (χ3v) is 5.22. The molecule has 0 atom stereocenters. The molecule has 1 heteroatoms. The summed E-state index contributed by atoms with van der Waals surface area (Å²) in [4.78, 5) is 0. The molecule has 2 heterocycles. The molecule has 4 aromatic rings. The van der Waals surface area contributed by atoms with Gasteiger partial charge in [-0.3, -0.25) is 0 Å². The van der Waals surface area contributed by atoms with Gasteiger partial charge in [0, 0.05) is 28.5 Å². The number of hydrogen-bond acceptors (Lipinski definition) is 0. The first-order chi connectivity index (χ1) is 15.6. The van der Waals surface area contributed by atoms with Gasteiger partial charge in [-0.15, -0.1) is 0 Å². The van der Waals surface area contributed by atoms with Crippen molar-refractivity contribution in [2.75, 3.05) is 0 Å². The fraction of sp³-hybridized carbons (Fsp3) is 0.250. The van der Waals surface area contributed by atoms with E-state index in [1.54, 1.807) is 24.3 Å². The van der Waals surface area contributed by atoms with E-state index in [0.29, 0.717) is 16.6 Å². The van der Waals surface area contributed by atoms with Gasteiger partial charge in [0.2, 0.25) is 0 Å². The van der Waals surface area contributed by atoms with Crippen LogP contribution in [0.2, 0.25) is 0 Å². The van der Waals surface area contributed by atoms with E-state index >= 15 is 0 Å². The molecular formula is C24H23N. The lowest BCUT2D eigenvalue weighted by atomic mass is 9.74. The number of rotatable bonds is 0. The molecule has 0 fully saturated rings. The zero-order valence-electron chi connectivity index (χ0n) is 23.1. The number of benzene rings is 3. The molecule has 0 unspecified atom stereocenters. The fourth-order valence-corrected chi connectivity index (χ4v) is 4.09. The average molecular weight is 335 g/mol.